The van der Waals surface area contributed by atoms with Crippen molar-refractivity contribution in [2.75, 3.05) is 0 Å². The fourth-order valence-corrected chi connectivity index (χ4v) is 1.69. The number of nitrogens with one attached hydrogen (secondary N) is 1. The van der Waals surface area contributed by atoms with E-state index in [1.165, 1.54) is 6.20 Å². The molecule has 0 amide bonds. The number of H-pyrrole nitrogens is 1. The Balaban J connectivity index is 2.28. The lowest BCUT2D eigenvalue weighted by molar-refractivity contribution is 0.242. The van der Waals surface area contributed by atoms with Crippen LogP contribution < -0.4 is 10.3 Å². The molecular formula is C13H13BrN2O2. The van der Waals surface area contributed by atoms with Crippen LogP contribution in [0.5, 0.6) is 5.75 Å². The van der Waals surface area contributed by atoms with Gasteiger partial charge in [-0.1, -0.05) is 0 Å². The highest BCUT2D eigenvalue weighted by Gasteiger charge is 2.03. The SMILES string of the molecule is CC(C)Oc1ccc(-c2ncc(Br)c(=O)[nH]2)cc1. The maximum atomic E-state index is 11.5. The predicted molar refractivity (Wildman–Crippen MR) is 73.8 cm³/mol. The molecule has 0 spiro atoms. The van der Waals surface area contributed by atoms with E-state index in [2.05, 4.69) is 25.9 Å². The van der Waals surface area contributed by atoms with E-state index in [4.69, 9.17) is 4.74 Å². The summed E-state index contributed by atoms with van der Waals surface area (Å²) in [6.45, 7) is 3.95. The van der Waals surface area contributed by atoms with Crippen molar-refractivity contribution in [1.29, 1.82) is 0 Å². The van der Waals surface area contributed by atoms with Crippen LogP contribution in [0.25, 0.3) is 11.4 Å². The summed E-state index contributed by atoms with van der Waals surface area (Å²) >= 11 is 3.11. The van der Waals surface area contributed by atoms with Crippen LogP contribution in [-0.2, 0) is 0 Å². The van der Waals surface area contributed by atoms with Crippen molar-refractivity contribution in [2.24, 2.45) is 0 Å². The van der Waals surface area contributed by atoms with Gasteiger partial charge in [0, 0.05) is 11.8 Å². The van der Waals surface area contributed by atoms with E-state index in [1.807, 2.05) is 38.1 Å². The molecule has 1 aromatic heterocycles. The molecule has 18 heavy (non-hydrogen) atoms. The van der Waals surface area contributed by atoms with E-state index in [0.29, 0.717) is 10.3 Å². The highest BCUT2D eigenvalue weighted by Crippen LogP contribution is 2.19. The first-order valence-corrected chi connectivity index (χ1v) is 6.37. The Morgan fingerprint density at radius 1 is 1.28 bits per heavy atom. The van der Waals surface area contributed by atoms with Gasteiger partial charge in [-0.15, -0.1) is 0 Å². The third-order valence-electron chi connectivity index (χ3n) is 2.26. The van der Waals surface area contributed by atoms with Crippen LogP contribution in [0, 0.1) is 0 Å². The van der Waals surface area contributed by atoms with E-state index in [9.17, 15) is 4.79 Å². The molecule has 4 nitrogen and oxygen atoms in total. The van der Waals surface area contributed by atoms with Crippen molar-refractivity contribution in [2.45, 2.75) is 20.0 Å². The second kappa shape index (κ2) is 5.35. The van der Waals surface area contributed by atoms with Gasteiger partial charge in [-0.25, -0.2) is 4.98 Å². The Hall–Kier alpha value is -1.62. The van der Waals surface area contributed by atoms with Gasteiger partial charge in [-0.3, -0.25) is 4.79 Å². The smallest absolute Gasteiger partial charge is 0.265 e. The molecule has 0 saturated heterocycles. The maximum absolute atomic E-state index is 11.5. The molecule has 1 N–H and O–H groups in total. The number of rotatable bonds is 3. The first kappa shape index (κ1) is 12.8. The molecule has 0 radical (unpaired) electrons. The van der Waals surface area contributed by atoms with Gasteiger partial charge in [0.25, 0.3) is 5.56 Å². The summed E-state index contributed by atoms with van der Waals surface area (Å²) in [6.07, 6.45) is 1.63. The summed E-state index contributed by atoms with van der Waals surface area (Å²) in [5, 5.41) is 0. The number of halogens is 1. The van der Waals surface area contributed by atoms with Crippen molar-refractivity contribution in [3.05, 3.63) is 45.3 Å². The van der Waals surface area contributed by atoms with E-state index in [1.54, 1.807) is 0 Å². The normalized spacial score (nSPS) is 10.7. The second-order valence-corrected chi connectivity index (χ2v) is 4.95. The number of benzene rings is 1. The molecule has 94 valence electrons. The van der Waals surface area contributed by atoms with Gasteiger partial charge in [0.05, 0.1) is 6.10 Å². The summed E-state index contributed by atoms with van der Waals surface area (Å²) in [5.74, 6) is 1.34. The van der Waals surface area contributed by atoms with E-state index < -0.39 is 0 Å². The number of ether oxygens (including phenoxy) is 1. The molecule has 0 aliphatic heterocycles. The van der Waals surface area contributed by atoms with Crippen LogP contribution in [0.1, 0.15) is 13.8 Å². The van der Waals surface area contributed by atoms with Crippen molar-refractivity contribution >= 4 is 15.9 Å². The van der Waals surface area contributed by atoms with Gasteiger partial charge < -0.3 is 9.72 Å². The van der Waals surface area contributed by atoms with Crippen LogP contribution in [0.4, 0.5) is 0 Å². The second-order valence-electron chi connectivity index (χ2n) is 4.10. The lowest BCUT2D eigenvalue weighted by Crippen LogP contribution is -2.09. The van der Waals surface area contributed by atoms with E-state index in [0.717, 1.165) is 11.3 Å². The lowest BCUT2D eigenvalue weighted by Gasteiger charge is -2.09. The highest BCUT2D eigenvalue weighted by molar-refractivity contribution is 9.10. The molecule has 2 rings (SSSR count). The van der Waals surface area contributed by atoms with E-state index >= 15 is 0 Å². The molecule has 5 heteroatoms. The minimum absolute atomic E-state index is 0.140. The number of nitrogens with zero attached hydrogens (tertiary/aromatic N) is 1. The molecule has 2 aromatic rings. The molecule has 0 aliphatic carbocycles. The number of aromatic nitrogens is 2. The molecule has 0 aliphatic rings. The van der Waals surface area contributed by atoms with Gasteiger partial charge in [0.15, 0.2) is 0 Å². The van der Waals surface area contributed by atoms with Crippen LogP contribution >= 0.6 is 15.9 Å². The Bertz CT molecular complexity index is 591. The van der Waals surface area contributed by atoms with Gasteiger partial charge in [0.2, 0.25) is 0 Å². The maximum Gasteiger partial charge on any atom is 0.265 e. The zero-order valence-corrected chi connectivity index (χ0v) is 11.7. The van der Waals surface area contributed by atoms with Crippen molar-refractivity contribution in [3.8, 4) is 17.1 Å². The third-order valence-corrected chi connectivity index (χ3v) is 2.82. The average Bonchev–Trinajstić information content (AvgIpc) is 2.33. The quantitative estimate of drug-likeness (QED) is 0.948. The fraction of sp³-hybridized carbons (Fsp3) is 0.231. The molecule has 0 unspecified atom stereocenters. The average molecular weight is 309 g/mol. The zero-order valence-electron chi connectivity index (χ0n) is 10.1. The van der Waals surface area contributed by atoms with Gasteiger partial charge >= 0.3 is 0 Å². The molecule has 0 atom stereocenters. The van der Waals surface area contributed by atoms with Crippen LogP contribution in [0.15, 0.2) is 39.7 Å². The van der Waals surface area contributed by atoms with Crippen molar-refractivity contribution < 1.29 is 4.74 Å². The standard InChI is InChI=1S/C13H13BrN2O2/c1-8(2)18-10-5-3-9(4-6-10)12-15-7-11(14)13(17)16-12/h3-8H,1-2H3,(H,15,16,17). The molecule has 0 bridgehead atoms. The van der Waals surface area contributed by atoms with Crippen LogP contribution in [0.3, 0.4) is 0 Å². The molecule has 0 fully saturated rings. The highest BCUT2D eigenvalue weighted by atomic mass is 79.9. The summed E-state index contributed by atoms with van der Waals surface area (Å²) in [5.41, 5.74) is 0.651. The minimum Gasteiger partial charge on any atom is -0.491 e. The number of aromatic amines is 1. The zero-order chi connectivity index (χ0) is 13.1. The Labute approximate surface area is 113 Å². The van der Waals surface area contributed by atoms with E-state index in [-0.39, 0.29) is 11.7 Å². The summed E-state index contributed by atoms with van der Waals surface area (Å²) in [7, 11) is 0. The summed E-state index contributed by atoms with van der Waals surface area (Å²) < 4.78 is 5.97. The Morgan fingerprint density at radius 2 is 1.94 bits per heavy atom. The van der Waals surface area contributed by atoms with Gasteiger partial charge in [0.1, 0.15) is 16.0 Å². The summed E-state index contributed by atoms with van der Waals surface area (Å²) in [6, 6.07) is 7.45. The first-order chi connectivity index (χ1) is 8.56. The van der Waals surface area contributed by atoms with Gasteiger partial charge in [-0.2, -0.15) is 0 Å². The van der Waals surface area contributed by atoms with Crippen molar-refractivity contribution in [1.82, 2.24) is 9.97 Å². The fourth-order valence-electron chi connectivity index (χ4n) is 1.49. The Morgan fingerprint density at radius 3 is 2.50 bits per heavy atom. The van der Waals surface area contributed by atoms with Gasteiger partial charge in [-0.05, 0) is 54.0 Å². The molecule has 0 saturated carbocycles. The van der Waals surface area contributed by atoms with Crippen LogP contribution in [0.2, 0.25) is 0 Å². The molecule has 1 heterocycles. The Kier molecular flexibility index (Phi) is 3.81. The van der Waals surface area contributed by atoms with Crippen LogP contribution in [-0.4, -0.2) is 16.1 Å². The number of hydrogen-bond acceptors (Lipinski definition) is 3. The third kappa shape index (κ3) is 2.98. The number of hydrogen-bond donors (Lipinski definition) is 1. The first-order valence-electron chi connectivity index (χ1n) is 5.58. The summed E-state index contributed by atoms with van der Waals surface area (Å²) in [4.78, 5) is 18.3. The van der Waals surface area contributed by atoms with Crippen molar-refractivity contribution in [3.63, 3.8) is 0 Å². The monoisotopic (exact) mass is 308 g/mol. The minimum atomic E-state index is -0.192. The largest absolute Gasteiger partial charge is 0.491 e. The molecular weight excluding hydrogens is 296 g/mol. The predicted octanol–water partition coefficient (Wildman–Crippen LogP) is 2.99. The molecule has 1 aromatic carbocycles. The topological polar surface area (TPSA) is 55.0 Å². The lowest BCUT2D eigenvalue weighted by atomic mass is 10.2.